The fourth-order valence-electron chi connectivity index (χ4n) is 3.02. The average Bonchev–Trinajstić information content (AvgIpc) is 2.57. The van der Waals surface area contributed by atoms with E-state index in [2.05, 4.69) is 54.8 Å². The lowest BCUT2D eigenvalue weighted by atomic mass is 9.75. The van der Waals surface area contributed by atoms with Gasteiger partial charge in [-0.2, -0.15) is 0 Å². The van der Waals surface area contributed by atoms with Crippen molar-refractivity contribution in [2.75, 3.05) is 5.33 Å². The highest BCUT2D eigenvalue weighted by Crippen LogP contribution is 2.45. The van der Waals surface area contributed by atoms with E-state index in [0.717, 1.165) is 5.57 Å². The zero-order chi connectivity index (χ0) is 20.6. The Morgan fingerprint density at radius 1 is 1.48 bits per heavy atom. The molecule has 0 bridgehead atoms. The van der Waals surface area contributed by atoms with Crippen molar-refractivity contribution in [1.29, 1.82) is 0 Å². The normalized spacial score (nSPS) is 26.6. The van der Waals surface area contributed by atoms with Gasteiger partial charge in [-0.1, -0.05) is 49.7 Å². The molecule has 1 aromatic rings. The Kier molecular flexibility index (Phi) is 6.36. The summed E-state index contributed by atoms with van der Waals surface area (Å²) in [5.74, 6) is -0.126. The molecule has 150 valence electrons. The van der Waals surface area contributed by atoms with E-state index < -0.39 is 24.9 Å². The van der Waals surface area contributed by atoms with Crippen LogP contribution in [0.25, 0.3) is 5.57 Å². The molecule has 0 fully saturated rings. The Balaban J connectivity index is 2.54. The second-order valence-electron chi connectivity index (χ2n) is 8.87. The minimum Gasteiger partial charge on any atom is -0.408 e. The van der Waals surface area contributed by atoms with E-state index in [1.807, 2.05) is 13.0 Å². The summed E-state index contributed by atoms with van der Waals surface area (Å²) in [5, 5.41) is 23.1. The third-order valence-electron chi connectivity index (χ3n) is 6.01. The molecular weight excluding hydrogens is 428 g/mol. The van der Waals surface area contributed by atoms with E-state index in [0.29, 0.717) is 17.3 Å². The number of nitro groups is 1. The van der Waals surface area contributed by atoms with Crippen LogP contribution in [0.3, 0.4) is 0 Å². The summed E-state index contributed by atoms with van der Waals surface area (Å²) < 4.78 is 6.57. The van der Waals surface area contributed by atoms with Crippen molar-refractivity contribution in [3.63, 3.8) is 0 Å². The van der Waals surface area contributed by atoms with E-state index >= 15 is 0 Å². The predicted molar refractivity (Wildman–Crippen MR) is 113 cm³/mol. The van der Waals surface area contributed by atoms with Gasteiger partial charge in [0.15, 0.2) is 8.32 Å². The van der Waals surface area contributed by atoms with Gasteiger partial charge >= 0.3 is 0 Å². The average molecular weight is 457 g/mol. The summed E-state index contributed by atoms with van der Waals surface area (Å²) in [6.45, 7) is 12.7. The van der Waals surface area contributed by atoms with E-state index in [-0.39, 0.29) is 16.6 Å². The zero-order valence-electron chi connectivity index (χ0n) is 16.8. The van der Waals surface area contributed by atoms with Crippen LogP contribution in [0.5, 0.6) is 0 Å². The molecule has 0 saturated carbocycles. The maximum atomic E-state index is 11.4. The fraction of sp³-hybridized carbons (Fsp3) is 0.632. The molecule has 0 saturated heterocycles. The molecule has 0 spiro atoms. The van der Waals surface area contributed by atoms with Crippen molar-refractivity contribution in [1.82, 2.24) is 4.98 Å². The third-order valence-corrected chi connectivity index (χ3v) is 11.4. The van der Waals surface area contributed by atoms with Crippen molar-refractivity contribution in [3.05, 3.63) is 40.2 Å². The highest BCUT2D eigenvalue weighted by Gasteiger charge is 2.49. The molecule has 1 aromatic heterocycles. The Hall–Kier alpha value is -1.09. The zero-order valence-corrected chi connectivity index (χ0v) is 19.4. The molecule has 1 aliphatic carbocycles. The Bertz CT molecular complexity index is 747. The Labute approximate surface area is 170 Å². The fourth-order valence-corrected chi connectivity index (χ4v) is 5.16. The van der Waals surface area contributed by atoms with Gasteiger partial charge in [0.25, 0.3) is 5.69 Å². The van der Waals surface area contributed by atoms with Crippen LogP contribution in [0.4, 0.5) is 5.69 Å². The van der Waals surface area contributed by atoms with Crippen LogP contribution in [0.1, 0.15) is 39.7 Å². The standard InChI is InChI=1S/C19H29BrN2O4Si/c1-13-9-14(15-7-8-21-11-16(15)22(24)25)10-17(19(13,23)12-20)26-27(5,6)18(2,3)4/h7-8,10-11,13,17,23H,9,12H2,1-6H3/t13-,17+,19+/m0/s1. The molecular formula is C19H29BrN2O4Si. The molecule has 1 aliphatic rings. The monoisotopic (exact) mass is 456 g/mol. The lowest BCUT2D eigenvalue weighted by Gasteiger charge is -2.47. The number of halogens is 1. The molecule has 6 nitrogen and oxygen atoms in total. The van der Waals surface area contributed by atoms with Crippen molar-refractivity contribution in [2.24, 2.45) is 5.92 Å². The highest BCUT2D eigenvalue weighted by atomic mass is 79.9. The Morgan fingerprint density at radius 3 is 2.63 bits per heavy atom. The summed E-state index contributed by atoms with van der Waals surface area (Å²) in [6.07, 6.45) is 4.71. The van der Waals surface area contributed by atoms with Crippen LogP contribution in [0, 0.1) is 16.0 Å². The topological polar surface area (TPSA) is 85.5 Å². The highest BCUT2D eigenvalue weighted by molar-refractivity contribution is 9.09. The lowest BCUT2D eigenvalue weighted by Crippen LogP contribution is -2.57. The SMILES string of the molecule is C[C@H]1CC(c2ccncc2[N+](=O)[O-])=C[C@@H](O[Si](C)(C)C(C)(C)C)[C@@]1(O)CBr. The predicted octanol–water partition coefficient (Wildman–Crippen LogP) is 4.93. The van der Waals surface area contributed by atoms with E-state index in [9.17, 15) is 15.2 Å². The first-order valence-electron chi connectivity index (χ1n) is 9.09. The number of hydrogen-bond acceptors (Lipinski definition) is 5. The van der Waals surface area contributed by atoms with Crippen molar-refractivity contribution in [3.8, 4) is 0 Å². The summed E-state index contributed by atoms with van der Waals surface area (Å²) in [7, 11) is -2.16. The molecule has 1 N–H and O–H groups in total. The minimum atomic E-state index is -2.16. The second-order valence-corrected chi connectivity index (χ2v) is 14.2. The van der Waals surface area contributed by atoms with Gasteiger partial charge in [-0.15, -0.1) is 0 Å². The Morgan fingerprint density at radius 2 is 2.11 bits per heavy atom. The first-order chi connectivity index (χ1) is 12.3. The van der Waals surface area contributed by atoms with Crippen LogP contribution in [0.2, 0.25) is 18.1 Å². The molecule has 27 heavy (non-hydrogen) atoms. The first kappa shape index (κ1) is 22.2. The maximum Gasteiger partial charge on any atom is 0.294 e. The molecule has 0 amide bonds. The van der Waals surface area contributed by atoms with Crippen LogP contribution >= 0.6 is 15.9 Å². The third kappa shape index (κ3) is 4.34. The van der Waals surface area contributed by atoms with Gasteiger partial charge in [-0.05, 0) is 42.1 Å². The van der Waals surface area contributed by atoms with Crippen molar-refractivity contribution in [2.45, 2.75) is 64.0 Å². The van der Waals surface area contributed by atoms with Crippen LogP contribution in [-0.2, 0) is 4.43 Å². The van der Waals surface area contributed by atoms with Gasteiger partial charge in [-0.25, -0.2) is 0 Å². The lowest BCUT2D eigenvalue weighted by molar-refractivity contribution is -0.385. The number of pyridine rings is 1. The van der Waals surface area contributed by atoms with Gasteiger partial charge in [0.05, 0.1) is 16.6 Å². The van der Waals surface area contributed by atoms with Crippen molar-refractivity contribution >= 4 is 35.5 Å². The number of nitrogens with zero attached hydrogens (tertiary/aromatic N) is 2. The van der Waals surface area contributed by atoms with E-state index in [4.69, 9.17) is 4.43 Å². The summed E-state index contributed by atoms with van der Waals surface area (Å²) in [4.78, 5) is 14.9. The number of allylic oxidation sites excluding steroid dienone is 1. The molecule has 2 rings (SSSR count). The number of rotatable bonds is 5. The second kappa shape index (κ2) is 7.73. The van der Waals surface area contributed by atoms with E-state index in [1.54, 1.807) is 12.3 Å². The summed E-state index contributed by atoms with van der Waals surface area (Å²) in [6, 6.07) is 1.67. The number of hydrogen-bond donors (Lipinski definition) is 1. The van der Waals surface area contributed by atoms with Gasteiger partial charge < -0.3 is 9.53 Å². The molecule has 8 heteroatoms. The van der Waals surface area contributed by atoms with Crippen molar-refractivity contribution < 1.29 is 14.5 Å². The number of aromatic nitrogens is 1. The van der Waals surface area contributed by atoms with Crippen LogP contribution < -0.4 is 0 Å². The van der Waals surface area contributed by atoms with E-state index in [1.165, 1.54) is 6.20 Å². The maximum absolute atomic E-state index is 11.4. The largest absolute Gasteiger partial charge is 0.408 e. The molecule has 0 radical (unpaired) electrons. The minimum absolute atomic E-state index is 0.0163. The molecule has 0 unspecified atom stereocenters. The number of aliphatic hydroxyl groups is 1. The summed E-state index contributed by atoms with van der Waals surface area (Å²) in [5.41, 5.74) is 0.278. The van der Waals surface area contributed by atoms with Crippen LogP contribution in [-0.4, -0.2) is 40.4 Å². The van der Waals surface area contributed by atoms with Gasteiger partial charge in [0.1, 0.15) is 11.8 Å². The molecule has 0 aliphatic heterocycles. The van der Waals surface area contributed by atoms with Gasteiger partial charge in [0.2, 0.25) is 0 Å². The number of alkyl halides is 1. The molecule has 3 atom stereocenters. The summed E-state index contributed by atoms with van der Waals surface area (Å²) >= 11 is 3.46. The first-order valence-corrected chi connectivity index (χ1v) is 13.1. The molecule has 0 aromatic carbocycles. The van der Waals surface area contributed by atoms with Gasteiger partial charge in [-0.3, -0.25) is 15.1 Å². The smallest absolute Gasteiger partial charge is 0.294 e. The molecule has 1 heterocycles. The quantitative estimate of drug-likeness (QED) is 0.293. The van der Waals surface area contributed by atoms with Crippen LogP contribution in [0.15, 0.2) is 24.5 Å². The van der Waals surface area contributed by atoms with Gasteiger partial charge in [0, 0.05) is 11.5 Å².